The quantitative estimate of drug-likeness (QED) is 0.755. The molecule has 0 saturated carbocycles. The van der Waals surface area contributed by atoms with Crippen LogP contribution in [0, 0.1) is 11.8 Å². The second-order valence-corrected chi connectivity index (χ2v) is 6.45. The molecule has 1 aromatic carbocycles. The van der Waals surface area contributed by atoms with Gasteiger partial charge in [0.1, 0.15) is 0 Å². The molecule has 0 fully saturated rings. The number of anilines is 1. The van der Waals surface area contributed by atoms with Crippen LogP contribution in [-0.2, 0) is 4.79 Å². The molecule has 1 aromatic rings. The molecule has 0 aliphatic heterocycles. The van der Waals surface area contributed by atoms with Crippen LogP contribution in [-0.4, -0.2) is 12.5 Å². The molecule has 1 rings (SSSR count). The van der Waals surface area contributed by atoms with Crippen LogP contribution in [0.5, 0.6) is 0 Å². The zero-order valence-electron chi connectivity index (χ0n) is 13.9. The third kappa shape index (κ3) is 6.30. The van der Waals surface area contributed by atoms with Gasteiger partial charge in [0.15, 0.2) is 0 Å². The maximum atomic E-state index is 12.0. The Morgan fingerprint density at radius 3 is 2.19 bits per heavy atom. The molecule has 0 saturated heterocycles. The summed E-state index contributed by atoms with van der Waals surface area (Å²) < 4.78 is 0. The van der Waals surface area contributed by atoms with Crippen molar-refractivity contribution in [3.05, 3.63) is 29.8 Å². The Morgan fingerprint density at radius 2 is 1.71 bits per heavy atom. The van der Waals surface area contributed by atoms with E-state index in [0.29, 0.717) is 30.7 Å². The van der Waals surface area contributed by atoms with E-state index in [1.165, 1.54) is 5.56 Å². The Bertz CT molecular complexity index is 423. The summed E-state index contributed by atoms with van der Waals surface area (Å²) in [4.78, 5) is 12.0. The van der Waals surface area contributed by atoms with Crippen LogP contribution < -0.4 is 11.1 Å². The number of benzene rings is 1. The van der Waals surface area contributed by atoms with Crippen LogP contribution in [0.4, 0.5) is 5.69 Å². The summed E-state index contributed by atoms with van der Waals surface area (Å²) in [5.41, 5.74) is 7.80. The molecule has 3 N–H and O–H groups in total. The molecular weight excluding hydrogens is 260 g/mol. The predicted octanol–water partition coefficient (Wildman–Crippen LogP) is 4.15. The summed E-state index contributed by atoms with van der Waals surface area (Å²) in [6.07, 6.45) is 2.47. The highest BCUT2D eigenvalue weighted by Crippen LogP contribution is 2.21. The highest BCUT2D eigenvalue weighted by molar-refractivity contribution is 5.90. The summed E-state index contributed by atoms with van der Waals surface area (Å²) in [6.45, 7) is 9.42. The molecule has 1 atom stereocenters. The molecule has 0 spiro atoms. The lowest BCUT2D eigenvalue weighted by Crippen LogP contribution is -2.18. The topological polar surface area (TPSA) is 55.1 Å². The van der Waals surface area contributed by atoms with Crippen molar-refractivity contribution in [1.29, 1.82) is 0 Å². The smallest absolute Gasteiger partial charge is 0.224 e. The van der Waals surface area contributed by atoms with E-state index in [1.54, 1.807) is 0 Å². The van der Waals surface area contributed by atoms with E-state index in [-0.39, 0.29) is 5.91 Å². The van der Waals surface area contributed by atoms with Crippen LogP contribution in [0.1, 0.15) is 58.4 Å². The first-order chi connectivity index (χ1) is 9.93. The van der Waals surface area contributed by atoms with E-state index in [4.69, 9.17) is 5.73 Å². The van der Waals surface area contributed by atoms with Gasteiger partial charge in [0.05, 0.1) is 0 Å². The summed E-state index contributed by atoms with van der Waals surface area (Å²) in [5.74, 6) is 1.71. The van der Waals surface area contributed by atoms with Crippen LogP contribution in [0.2, 0.25) is 0 Å². The molecule has 0 aliphatic carbocycles. The molecule has 0 bridgehead atoms. The second kappa shape index (κ2) is 8.83. The molecule has 3 nitrogen and oxygen atoms in total. The van der Waals surface area contributed by atoms with E-state index >= 15 is 0 Å². The summed E-state index contributed by atoms with van der Waals surface area (Å²) in [5, 5.41) is 2.97. The standard InChI is InChI=1S/C18H30N2O/c1-13(2)15-5-8-17(9-6-15)20-18(21)10-7-16(11-12-19)14(3)4/h5-6,8-9,13-14,16H,7,10-12,19H2,1-4H3,(H,20,21). The number of carbonyl (C=O) groups is 1. The number of hydrogen-bond acceptors (Lipinski definition) is 2. The fourth-order valence-electron chi connectivity index (χ4n) is 2.52. The van der Waals surface area contributed by atoms with Gasteiger partial charge in [0.25, 0.3) is 0 Å². The average molecular weight is 290 g/mol. The minimum absolute atomic E-state index is 0.0926. The van der Waals surface area contributed by atoms with Gasteiger partial charge >= 0.3 is 0 Å². The summed E-state index contributed by atoms with van der Waals surface area (Å²) in [7, 11) is 0. The maximum Gasteiger partial charge on any atom is 0.224 e. The predicted molar refractivity (Wildman–Crippen MR) is 90.4 cm³/mol. The van der Waals surface area contributed by atoms with E-state index in [9.17, 15) is 4.79 Å². The monoisotopic (exact) mass is 290 g/mol. The van der Waals surface area contributed by atoms with Crippen molar-refractivity contribution < 1.29 is 4.79 Å². The average Bonchev–Trinajstić information content (AvgIpc) is 2.43. The Labute approximate surface area is 129 Å². The van der Waals surface area contributed by atoms with Crippen LogP contribution in [0.25, 0.3) is 0 Å². The number of hydrogen-bond donors (Lipinski definition) is 2. The third-order valence-corrected chi connectivity index (χ3v) is 4.08. The molecule has 3 heteroatoms. The Hall–Kier alpha value is -1.35. The lowest BCUT2D eigenvalue weighted by molar-refractivity contribution is -0.116. The second-order valence-electron chi connectivity index (χ2n) is 6.45. The molecular formula is C18H30N2O. The number of nitrogens with two attached hydrogens (primary N) is 1. The first-order valence-electron chi connectivity index (χ1n) is 8.04. The van der Waals surface area contributed by atoms with Gasteiger partial charge in [-0.05, 0) is 54.8 Å². The third-order valence-electron chi connectivity index (χ3n) is 4.08. The number of amides is 1. The fourth-order valence-corrected chi connectivity index (χ4v) is 2.52. The Morgan fingerprint density at radius 1 is 1.10 bits per heavy atom. The van der Waals surface area contributed by atoms with Gasteiger partial charge in [-0.1, -0.05) is 39.8 Å². The Kier molecular flexibility index (Phi) is 7.44. The molecule has 0 heterocycles. The van der Waals surface area contributed by atoms with E-state index in [1.807, 2.05) is 12.1 Å². The van der Waals surface area contributed by atoms with Crippen LogP contribution in [0.15, 0.2) is 24.3 Å². The lowest BCUT2D eigenvalue weighted by atomic mass is 9.88. The van der Waals surface area contributed by atoms with Gasteiger partial charge in [0, 0.05) is 12.1 Å². The highest BCUT2D eigenvalue weighted by atomic mass is 16.1. The van der Waals surface area contributed by atoms with Gasteiger partial charge in [-0.25, -0.2) is 0 Å². The summed E-state index contributed by atoms with van der Waals surface area (Å²) in [6, 6.07) is 8.11. The van der Waals surface area contributed by atoms with E-state index < -0.39 is 0 Å². The van der Waals surface area contributed by atoms with Crippen molar-refractivity contribution in [2.45, 2.75) is 52.9 Å². The minimum Gasteiger partial charge on any atom is -0.330 e. The van der Waals surface area contributed by atoms with Crippen molar-refractivity contribution in [3.8, 4) is 0 Å². The van der Waals surface area contributed by atoms with Crippen LogP contribution >= 0.6 is 0 Å². The molecule has 0 radical (unpaired) electrons. The van der Waals surface area contributed by atoms with Crippen LogP contribution in [0.3, 0.4) is 0 Å². The van der Waals surface area contributed by atoms with E-state index in [2.05, 4.69) is 45.1 Å². The molecule has 0 aromatic heterocycles. The number of nitrogens with one attached hydrogen (secondary N) is 1. The van der Waals surface area contributed by atoms with Gasteiger partial charge in [-0.3, -0.25) is 4.79 Å². The maximum absolute atomic E-state index is 12.0. The van der Waals surface area contributed by atoms with Crippen molar-refractivity contribution in [3.63, 3.8) is 0 Å². The number of rotatable bonds is 8. The number of carbonyl (C=O) groups excluding carboxylic acids is 1. The van der Waals surface area contributed by atoms with Crippen molar-refractivity contribution in [2.24, 2.45) is 17.6 Å². The van der Waals surface area contributed by atoms with Gasteiger partial charge in [-0.2, -0.15) is 0 Å². The molecule has 0 aliphatic rings. The first kappa shape index (κ1) is 17.7. The van der Waals surface area contributed by atoms with Crippen molar-refractivity contribution in [1.82, 2.24) is 0 Å². The minimum atomic E-state index is 0.0926. The molecule has 118 valence electrons. The fraction of sp³-hybridized carbons (Fsp3) is 0.611. The first-order valence-corrected chi connectivity index (χ1v) is 8.04. The van der Waals surface area contributed by atoms with Crippen molar-refractivity contribution in [2.75, 3.05) is 11.9 Å². The van der Waals surface area contributed by atoms with E-state index in [0.717, 1.165) is 18.5 Å². The molecule has 1 amide bonds. The van der Waals surface area contributed by atoms with Crippen molar-refractivity contribution >= 4 is 11.6 Å². The molecule has 1 unspecified atom stereocenters. The lowest BCUT2D eigenvalue weighted by Gasteiger charge is -2.19. The highest BCUT2D eigenvalue weighted by Gasteiger charge is 2.14. The largest absolute Gasteiger partial charge is 0.330 e. The zero-order chi connectivity index (χ0) is 15.8. The SMILES string of the molecule is CC(C)c1ccc(NC(=O)CCC(CCN)C(C)C)cc1. The van der Waals surface area contributed by atoms with Gasteiger partial charge in [0.2, 0.25) is 5.91 Å². The normalized spacial score (nSPS) is 12.7. The van der Waals surface area contributed by atoms with Gasteiger partial charge < -0.3 is 11.1 Å². The zero-order valence-corrected chi connectivity index (χ0v) is 13.9. The Balaban J connectivity index is 2.46. The molecule has 21 heavy (non-hydrogen) atoms. The summed E-state index contributed by atoms with van der Waals surface area (Å²) >= 11 is 0. The van der Waals surface area contributed by atoms with Gasteiger partial charge in [-0.15, -0.1) is 0 Å².